The van der Waals surface area contributed by atoms with Crippen LogP contribution in [0.15, 0.2) is 54.6 Å². The monoisotopic (exact) mass is 290 g/mol. The van der Waals surface area contributed by atoms with E-state index < -0.39 is 18.6 Å². The minimum atomic E-state index is -4.28. The molecule has 5 heteroatoms. The van der Waals surface area contributed by atoms with E-state index in [0.717, 1.165) is 0 Å². The number of alkyl halides is 3. The van der Waals surface area contributed by atoms with Crippen LogP contribution in [0.25, 0.3) is 0 Å². The van der Waals surface area contributed by atoms with Crippen molar-refractivity contribution in [2.75, 3.05) is 5.32 Å². The second-order valence-electron chi connectivity index (χ2n) is 4.62. The molecule has 0 heterocycles. The molecule has 0 bridgehead atoms. The van der Waals surface area contributed by atoms with Crippen LogP contribution in [-0.2, 0) is 0 Å². The van der Waals surface area contributed by atoms with Gasteiger partial charge in [-0.25, -0.2) is 0 Å². The first-order valence-electron chi connectivity index (χ1n) is 6.36. The fraction of sp³-hybridized carbons (Fsp3) is 0.188. The molecule has 1 unspecified atom stereocenters. The van der Waals surface area contributed by atoms with E-state index in [9.17, 15) is 13.2 Å². The van der Waals surface area contributed by atoms with E-state index in [-0.39, 0.29) is 0 Å². The van der Waals surface area contributed by atoms with Gasteiger partial charge in [0.15, 0.2) is 0 Å². The third-order valence-corrected chi connectivity index (χ3v) is 2.97. The van der Waals surface area contributed by atoms with Crippen molar-refractivity contribution < 1.29 is 13.2 Å². The van der Waals surface area contributed by atoms with E-state index >= 15 is 0 Å². The fourth-order valence-corrected chi connectivity index (χ4v) is 2.05. The molecular formula is C16H13F3N2. The van der Waals surface area contributed by atoms with Crippen molar-refractivity contribution in [2.24, 2.45) is 0 Å². The summed E-state index contributed by atoms with van der Waals surface area (Å²) in [4.78, 5) is 0. The van der Waals surface area contributed by atoms with Crippen LogP contribution in [0.3, 0.4) is 0 Å². The molecule has 0 saturated carbocycles. The predicted octanol–water partition coefficient (Wildman–Crippen LogP) is 4.66. The molecule has 2 aromatic rings. The van der Waals surface area contributed by atoms with Gasteiger partial charge in [-0.2, -0.15) is 18.4 Å². The summed E-state index contributed by atoms with van der Waals surface area (Å²) in [7, 11) is 0. The van der Waals surface area contributed by atoms with Gasteiger partial charge in [0.1, 0.15) is 0 Å². The van der Waals surface area contributed by atoms with Crippen LogP contribution in [0.2, 0.25) is 0 Å². The average Bonchev–Trinajstić information content (AvgIpc) is 2.46. The van der Waals surface area contributed by atoms with Gasteiger partial charge in [0.2, 0.25) is 0 Å². The Bertz CT molecular complexity index is 630. The number of nitriles is 1. The molecule has 0 aromatic heterocycles. The number of hydrogen-bond donors (Lipinski definition) is 1. The predicted molar refractivity (Wildman–Crippen MR) is 74.6 cm³/mol. The first-order valence-corrected chi connectivity index (χ1v) is 6.36. The first kappa shape index (κ1) is 14.9. The van der Waals surface area contributed by atoms with Gasteiger partial charge in [-0.15, -0.1) is 0 Å². The Kier molecular flexibility index (Phi) is 4.49. The zero-order valence-corrected chi connectivity index (χ0v) is 11.1. The smallest absolute Gasteiger partial charge is 0.378 e. The van der Waals surface area contributed by atoms with Crippen LogP contribution >= 0.6 is 0 Å². The van der Waals surface area contributed by atoms with E-state index in [2.05, 4.69) is 5.32 Å². The number of nitrogens with one attached hydrogen (secondary N) is 1. The molecule has 0 radical (unpaired) electrons. The van der Waals surface area contributed by atoms with Crippen LogP contribution in [-0.4, -0.2) is 6.18 Å². The summed E-state index contributed by atoms with van der Waals surface area (Å²) < 4.78 is 38.2. The van der Waals surface area contributed by atoms with Gasteiger partial charge in [0.05, 0.1) is 24.1 Å². The van der Waals surface area contributed by atoms with E-state index in [4.69, 9.17) is 5.26 Å². The van der Waals surface area contributed by atoms with Gasteiger partial charge >= 0.3 is 6.18 Å². The molecule has 0 aliphatic rings. The third kappa shape index (κ3) is 4.53. The molecule has 0 spiro atoms. The summed E-state index contributed by atoms with van der Waals surface area (Å²) in [5.74, 6) is 0. The second kappa shape index (κ2) is 6.31. The van der Waals surface area contributed by atoms with Gasteiger partial charge in [0.25, 0.3) is 0 Å². The molecule has 108 valence electrons. The third-order valence-electron chi connectivity index (χ3n) is 2.97. The summed E-state index contributed by atoms with van der Waals surface area (Å²) in [6.45, 7) is 0. The van der Waals surface area contributed by atoms with Crippen molar-refractivity contribution in [2.45, 2.75) is 18.6 Å². The largest absolute Gasteiger partial charge is 0.391 e. The van der Waals surface area contributed by atoms with E-state index in [1.165, 1.54) is 6.07 Å². The highest BCUT2D eigenvalue weighted by Gasteiger charge is 2.32. The van der Waals surface area contributed by atoms with Gasteiger partial charge < -0.3 is 5.32 Å². The molecule has 1 N–H and O–H groups in total. The normalized spacial score (nSPS) is 12.5. The molecule has 1 atom stereocenters. The average molecular weight is 290 g/mol. The van der Waals surface area contributed by atoms with E-state index in [0.29, 0.717) is 16.8 Å². The Morgan fingerprint density at radius 1 is 1.05 bits per heavy atom. The fourth-order valence-electron chi connectivity index (χ4n) is 2.05. The van der Waals surface area contributed by atoms with Crippen molar-refractivity contribution in [3.8, 4) is 6.07 Å². The molecule has 2 rings (SSSR count). The molecule has 2 nitrogen and oxygen atoms in total. The number of benzene rings is 2. The number of nitrogens with zero attached hydrogens (tertiary/aromatic N) is 1. The highest BCUT2D eigenvalue weighted by Crippen LogP contribution is 2.32. The Morgan fingerprint density at radius 3 is 2.38 bits per heavy atom. The maximum Gasteiger partial charge on any atom is 0.391 e. The molecule has 0 fully saturated rings. The zero-order valence-electron chi connectivity index (χ0n) is 11.1. The van der Waals surface area contributed by atoms with E-state index in [1.807, 2.05) is 6.07 Å². The molecule has 21 heavy (non-hydrogen) atoms. The lowest BCUT2D eigenvalue weighted by molar-refractivity contribution is -0.137. The standard InChI is InChI=1S/C16H13F3N2/c17-16(18,19)10-15(13-6-2-1-3-7-13)21-14-8-4-5-12(9-14)11-20/h1-9,15,21H,10H2. The SMILES string of the molecule is N#Cc1cccc(NC(CC(F)(F)F)c2ccccc2)c1. The lowest BCUT2D eigenvalue weighted by Crippen LogP contribution is -2.20. The number of hydrogen-bond acceptors (Lipinski definition) is 2. The van der Waals surface area contributed by atoms with Crippen LogP contribution in [0, 0.1) is 11.3 Å². The lowest BCUT2D eigenvalue weighted by Gasteiger charge is -2.22. The number of anilines is 1. The van der Waals surface area contributed by atoms with Crippen LogP contribution < -0.4 is 5.32 Å². The molecule has 0 saturated heterocycles. The molecule has 0 aliphatic carbocycles. The van der Waals surface area contributed by atoms with Crippen molar-refractivity contribution >= 4 is 5.69 Å². The maximum absolute atomic E-state index is 12.7. The number of rotatable bonds is 4. The summed E-state index contributed by atoms with van der Waals surface area (Å²) >= 11 is 0. The zero-order chi connectivity index (χ0) is 15.3. The van der Waals surface area contributed by atoms with Crippen LogP contribution in [0.4, 0.5) is 18.9 Å². The Balaban J connectivity index is 2.26. The molecule has 2 aromatic carbocycles. The van der Waals surface area contributed by atoms with Gasteiger partial charge in [-0.1, -0.05) is 36.4 Å². The first-order chi connectivity index (χ1) is 9.98. The highest BCUT2D eigenvalue weighted by atomic mass is 19.4. The van der Waals surface area contributed by atoms with Crippen LogP contribution in [0.1, 0.15) is 23.6 Å². The summed E-state index contributed by atoms with van der Waals surface area (Å²) in [5, 5.41) is 11.7. The molecule has 0 aliphatic heterocycles. The lowest BCUT2D eigenvalue weighted by atomic mass is 10.0. The highest BCUT2D eigenvalue weighted by molar-refractivity contribution is 5.50. The van der Waals surface area contributed by atoms with Gasteiger partial charge in [0, 0.05) is 5.69 Å². The van der Waals surface area contributed by atoms with Gasteiger partial charge in [-0.3, -0.25) is 0 Å². The Morgan fingerprint density at radius 2 is 1.76 bits per heavy atom. The van der Waals surface area contributed by atoms with Crippen molar-refractivity contribution in [1.82, 2.24) is 0 Å². The van der Waals surface area contributed by atoms with Crippen molar-refractivity contribution in [3.63, 3.8) is 0 Å². The van der Waals surface area contributed by atoms with E-state index in [1.54, 1.807) is 48.5 Å². The van der Waals surface area contributed by atoms with Crippen LogP contribution in [0.5, 0.6) is 0 Å². The molecule has 0 amide bonds. The topological polar surface area (TPSA) is 35.8 Å². The summed E-state index contributed by atoms with van der Waals surface area (Å²) in [6, 6.07) is 16.0. The number of halogens is 3. The summed E-state index contributed by atoms with van der Waals surface area (Å²) in [6.07, 6.45) is -5.26. The molecular weight excluding hydrogens is 277 g/mol. The van der Waals surface area contributed by atoms with Gasteiger partial charge in [-0.05, 0) is 23.8 Å². The van der Waals surface area contributed by atoms with Crippen molar-refractivity contribution in [1.29, 1.82) is 5.26 Å². The Hall–Kier alpha value is -2.48. The maximum atomic E-state index is 12.7. The minimum Gasteiger partial charge on any atom is -0.378 e. The quantitative estimate of drug-likeness (QED) is 0.888. The second-order valence-corrected chi connectivity index (χ2v) is 4.62. The van der Waals surface area contributed by atoms with Crippen molar-refractivity contribution in [3.05, 3.63) is 65.7 Å². The summed E-state index contributed by atoms with van der Waals surface area (Å²) in [5.41, 5.74) is 1.45. The minimum absolute atomic E-state index is 0.402. The Labute approximate surface area is 120 Å².